The third-order valence-electron chi connectivity index (χ3n) is 4.89. The fourth-order valence-corrected chi connectivity index (χ4v) is 3.34. The number of likely N-dealkylation sites (tertiary alicyclic amines) is 1. The molecule has 5 heteroatoms. The van der Waals surface area contributed by atoms with E-state index in [2.05, 4.69) is 34.3 Å². The minimum Gasteiger partial charge on any atom is -0.383 e. The number of carbonyl (C=O) groups is 1. The molecule has 2 heterocycles. The summed E-state index contributed by atoms with van der Waals surface area (Å²) in [7, 11) is 1.73. The van der Waals surface area contributed by atoms with Gasteiger partial charge in [0.1, 0.15) is 0 Å². The number of aromatic nitrogens is 1. The van der Waals surface area contributed by atoms with E-state index in [1.165, 1.54) is 5.56 Å². The van der Waals surface area contributed by atoms with Crippen molar-refractivity contribution in [1.82, 2.24) is 15.2 Å². The van der Waals surface area contributed by atoms with E-state index in [-0.39, 0.29) is 11.9 Å². The van der Waals surface area contributed by atoms with Crippen LogP contribution in [0.25, 0.3) is 11.1 Å². The van der Waals surface area contributed by atoms with Gasteiger partial charge in [-0.25, -0.2) is 0 Å². The Kier molecular flexibility index (Phi) is 6.36. The lowest BCUT2D eigenvalue weighted by Gasteiger charge is -2.32. The number of rotatable bonds is 6. The molecule has 1 aliphatic heterocycles. The van der Waals surface area contributed by atoms with Crippen LogP contribution in [-0.2, 0) is 4.74 Å². The summed E-state index contributed by atoms with van der Waals surface area (Å²) in [5.74, 6) is -0.0395. The molecule has 1 aromatic heterocycles. The zero-order valence-electron chi connectivity index (χ0n) is 15.6. The molecule has 2 aromatic rings. The maximum absolute atomic E-state index is 12.6. The van der Waals surface area contributed by atoms with Crippen molar-refractivity contribution < 1.29 is 9.53 Å². The summed E-state index contributed by atoms with van der Waals surface area (Å²) in [6, 6.07) is 10.4. The van der Waals surface area contributed by atoms with Gasteiger partial charge in [0, 0.05) is 50.7 Å². The number of hydrogen-bond acceptors (Lipinski definition) is 4. The molecule has 1 saturated heterocycles. The Morgan fingerprint density at radius 3 is 2.77 bits per heavy atom. The van der Waals surface area contributed by atoms with Crippen LogP contribution in [0.4, 0.5) is 0 Å². The molecular weight excluding hydrogens is 326 g/mol. The average Bonchev–Trinajstić information content (AvgIpc) is 2.67. The predicted octanol–water partition coefficient (Wildman–Crippen LogP) is 2.90. The topological polar surface area (TPSA) is 54.5 Å². The lowest BCUT2D eigenvalue weighted by Crippen LogP contribution is -2.45. The number of ether oxygens (including phenoxy) is 1. The molecule has 0 aliphatic carbocycles. The smallest absolute Gasteiger partial charge is 0.253 e. The summed E-state index contributed by atoms with van der Waals surface area (Å²) < 4.78 is 5.13. The molecule has 1 aliphatic rings. The summed E-state index contributed by atoms with van der Waals surface area (Å²) in [5.41, 5.74) is 3.86. The Bertz CT molecular complexity index is 740. The molecule has 0 saturated carbocycles. The Morgan fingerprint density at radius 1 is 1.23 bits per heavy atom. The van der Waals surface area contributed by atoms with E-state index < -0.39 is 0 Å². The van der Waals surface area contributed by atoms with Crippen LogP contribution in [0.15, 0.2) is 42.7 Å². The molecule has 5 nitrogen and oxygen atoms in total. The minimum atomic E-state index is -0.0395. The van der Waals surface area contributed by atoms with Crippen LogP contribution in [-0.4, -0.2) is 55.2 Å². The highest BCUT2D eigenvalue weighted by molar-refractivity contribution is 5.95. The van der Waals surface area contributed by atoms with Crippen molar-refractivity contribution in [2.24, 2.45) is 0 Å². The molecule has 1 fully saturated rings. The van der Waals surface area contributed by atoms with Crippen molar-refractivity contribution in [2.45, 2.75) is 25.8 Å². The quantitative estimate of drug-likeness (QED) is 0.868. The predicted molar refractivity (Wildman–Crippen MR) is 103 cm³/mol. The van der Waals surface area contributed by atoms with Crippen LogP contribution in [0, 0.1) is 6.92 Å². The molecule has 0 radical (unpaired) electrons. The standard InChI is InChI=1S/C21H27N3O2/c1-16-4-3-5-17(12-16)18-13-19(15-22-14-18)21(25)23-20-6-8-24(9-7-20)10-11-26-2/h3-5,12-15,20H,6-11H2,1-2H3,(H,23,25). The summed E-state index contributed by atoms with van der Waals surface area (Å²) in [4.78, 5) is 19.3. The number of amides is 1. The highest BCUT2D eigenvalue weighted by atomic mass is 16.5. The van der Waals surface area contributed by atoms with Crippen molar-refractivity contribution in [3.05, 3.63) is 53.9 Å². The zero-order valence-corrected chi connectivity index (χ0v) is 15.6. The SMILES string of the molecule is COCCN1CCC(NC(=O)c2cncc(-c3cccc(C)c3)c2)CC1. The molecule has 0 atom stereocenters. The van der Waals surface area contributed by atoms with Gasteiger partial charge >= 0.3 is 0 Å². The van der Waals surface area contributed by atoms with Gasteiger partial charge in [0.15, 0.2) is 0 Å². The summed E-state index contributed by atoms with van der Waals surface area (Å²) in [6.07, 6.45) is 5.39. The first-order valence-electron chi connectivity index (χ1n) is 9.20. The third kappa shape index (κ3) is 4.90. The second-order valence-electron chi connectivity index (χ2n) is 6.91. The number of carbonyl (C=O) groups excluding carboxylic acids is 1. The van der Waals surface area contributed by atoms with Crippen molar-refractivity contribution in [3.63, 3.8) is 0 Å². The largest absolute Gasteiger partial charge is 0.383 e. The van der Waals surface area contributed by atoms with Gasteiger partial charge in [-0.15, -0.1) is 0 Å². The molecule has 0 unspecified atom stereocenters. The van der Waals surface area contributed by atoms with Crippen LogP contribution in [0.5, 0.6) is 0 Å². The van der Waals surface area contributed by atoms with Crippen LogP contribution >= 0.6 is 0 Å². The second-order valence-corrected chi connectivity index (χ2v) is 6.91. The normalized spacial score (nSPS) is 15.8. The number of methoxy groups -OCH3 is 1. The fourth-order valence-electron chi connectivity index (χ4n) is 3.34. The van der Waals surface area contributed by atoms with Gasteiger partial charge < -0.3 is 15.0 Å². The Morgan fingerprint density at radius 2 is 2.04 bits per heavy atom. The highest BCUT2D eigenvalue weighted by Crippen LogP contribution is 2.20. The minimum absolute atomic E-state index is 0.0395. The van der Waals surface area contributed by atoms with Crippen molar-refractivity contribution >= 4 is 5.91 Å². The maximum Gasteiger partial charge on any atom is 0.253 e. The van der Waals surface area contributed by atoms with E-state index in [1.807, 2.05) is 18.2 Å². The van der Waals surface area contributed by atoms with Gasteiger partial charge in [-0.3, -0.25) is 9.78 Å². The first-order chi connectivity index (χ1) is 12.7. The average molecular weight is 353 g/mol. The molecular formula is C21H27N3O2. The number of nitrogens with zero attached hydrogens (tertiary/aromatic N) is 2. The molecule has 3 rings (SSSR count). The van der Waals surface area contributed by atoms with E-state index in [1.54, 1.807) is 19.5 Å². The van der Waals surface area contributed by atoms with E-state index in [9.17, 15) is 4.79 Å². The van der Waals surface area contributed by atoms with E-state index in [0.717, 1.165) is 50.2 Å². The number of benzene rings is 1. The Hall–Kier alpha value is -2.24. The van der Waals surface area contributed by atoms with Crippen LogP contribution in [0.1, 0.15) is 28.8 Å². The lowest BCUT2D eigenvalue weighted by molar-refractivity contribution is 0.0892. The monoisotopic (exact) mass is 353 g/mol. The van der Waals surface area contributed by atoms with Crippen LogP contribution in [0.2, 0.25) is 0 Å². The number of piperidine rings is 1. The molecule has 1 N–H and O–H groups in total. The zero-order chi connectivity index (χ0) is 18.4. The second kappa shape index (κ2) is 8.92. The summed E-state index contributed by atoms with van der Waals surface area (Å²) in [5, 5.41) is 3.17. The maximum atomic E-state index is 12.6. The van der Waals surface area contributed by atoms with Gasteiger partial charge in [-0.05, 0) is 31.4 Å². The molecule has 1 aromatic carbocycles. The number of hydrogen-bond donors (Lipinski definition) is 1. The first-order valence-corrected chi connectivity index (χ1v) is 9.20. The lowest BCUT2D eigenvalue weighted by atomic mass is 10.0. The molecule has 138 valence electrons. The van der Waals surface area contributed by atoms with Crippen molar-refractivity contribution in [3.8, 4) is 11.1 Å². The summed E-state index contributed by atoms with van der Waals surface area (Å²) >= 11 is 0. The fraction of sp³-hybridized carbons (Fsp3) is 0.429. The van der Waals surface area contributed by atoms with E-state index >= 15 is 0 Å². The Balaban J connectivity index is 1.60. The third-order valence-corrected chi connectivity index (χ3v) is 4.89. The summed E-state index contributed by atoms with van der Waals surface area (Å²) in [6.45, 7) is 5.77. The van der Waals surface area contributed by atoms with Gasteiger partial charge in [0.2, 0.25) is 0 Å². The van der Waals surface area contributed by atoms with Crippen molar-refractivity contribution in [2.75, 3.05) is 33.4 Å². The van der Waals surface area contributed by atoms with Crippen LogP contribution in [0.3, 0.4) is 0 Å². The van der Waals surface area contributed by atoms with Gasteiger partial charge in [0.05, 0.1) is 12.2 Å². The molecule has 0 bridgehead atoms. The number of nitrogens with one attached hydrogen (secondary N) is 1. The number of aryl methyl sites for hydroxylation is 1. The first kappa shape index (κ1) is 18.5. The highest BCUT2D eigenvalue weighted by Gasteiger charge is 2.21. The van der Waals surface area contributed by atoms with E-state index in [4.69, 9.17) is 4.74 Å². The molecule has 1 amide bonds. The van der Waals surface area contributed by atoms with Crippen molar-refractivity contribution in [1.29, 1.82) is 0 Å². The van der Waals surface area contributed by atoms with E-state index in [0.29, 0.717) is 5.56 Å². The van der Waals surface area contributed by atoms with Crippen LogP contribution < -0.4 is 5.32 Å². The molecule has 26 heavy (non-hydrogen) atoms. The van der Waals surface area contributed by atoms with Gasteiger partial charge in [-0.2, -0.15) is 0 Å². The van der Waals surface area contributed by atoms with Gasteiger partial charge in [-0.1, -0.05) is 29.8 Å². The van der Waals surface area contributed by atoms with Gasteiger partial charge in [0.25, 0.3) is 5.91 Å². The molecule has 0 spiro atoms. The number of pyridine rings is 1. The Labute approximate surface area is 155 Å².